The summed E-state index contributed by atoms with van der Waals surface area (Å²) in [5, 5.41) is 0. The summed E-state index contributed by atoms with van der Waals surface area (Å²) < 4.78 is 28.8. The van der Waals surface area contributed by atoms with Crippen molar-refractivity contribution in [3.8, 4) is 5.75 Å². The van der Waals surface area contributed by atoms with Crippen molar-refractivity contribution >= 4 is 15.7 Å². The third kappa shape index (κ3) is 5.90. The molecule has 0 radical (unpaired) electrons. The molecule has 0 aliphatic heterocycles. The maximum Gasteiger partial charge on any atom is 0.229 e. The first-order chi connectivity index (χ1) is 7.01. The molecule has 6 heteroatoms. The van der Waals surface area contributed by atoms with Crippen LogP contribution in [0.4, 0.5) is 5.69 Å². The van der Waals surface area contributed by atoms with Crippen molar-refractivity contribution in [1.82, 2.24) is 4.98 Å². The number of hydrogen-bond acceptors (Lipinski definition) is 4. The second kappa shape index (κ2) is 6.23. The van der Waals surface area contributed by atoms with Gasteiger partial charge in [-0.1, -0.05) is 13.8 Å². The van der Waals surface area contributed by atoms with Crippen LogP contribution in [0.2, 0.25) is 0 Å². The maximum absolute atomic E-state index is 10.8. The van der Waals surface area contributed by atoms with Gasteiger partial charge in [0.15, 0.2) is 0 Å². The number of nitrogens with zero attached hydrogens (tertiary/aromatic N) is 1. The molecule has 1 heterocycles. The van der Waals surface area contributed by atoms with Crippen molar-refractivity contribution in [3.05, 3.63) is 18.5 Å². The number of pyridine rings is 1. The molecule has 5 nitrogen and oxygen atoms in total. The molecular weight excluding hydrogens is 216 g/mol. The summed E-state index contributed by atoms with van der Waals surface area (Å²) in [5.41, 5.74) is 0.391. The largest absolute Gasteiger partial charge is 0.495 e. The summed E-state index contributed by atoms with van der Waals surface area (Å²) in [6, 6.07) is 1.55. The van der Waals surface area contributed by atoms with Crippen molar-refractivity contribution in [2.24, 2.45) is 0 Å². The molecule has 0 saturated carbocycles. The van der Waals surface area contributed by atoms with E-state index in [1.54, 1.807) is 6.07 Å². The first kappa shape index (κ1) is 13.7. The van der Waals surface area contributed by atoms with Gasteiger partial charge in [0.05, 0.1) is 31.4 Å². The van der Waals surface area contributed by atoms with Gasteiger partial charge in [0.2, 0.25) is 10.0 Å². The van der Waals surface area contributed by atoms with Gasteiger partial charge in [0.1, 0.15) is 5.75 Å². The van der Waals surface area contributed by atoms with Crippen LogP contribution in [0.1, 0.15) is 13.8 Å². The molecule has 1 N–H and O–H groups in total. The van der Waals surface area contributed by atoms with Crippen LogP contribution in [0.25, 0.3) is 0 Å². The third-order valence-corrected chi connectivity index (χ3v) is 1.86. The average molecular weight is 232 g/mol. The number of methoxy groups -OCH3 is 1. The Morgan fingerprint density at radius 1 is 1.33 bits per heavy atom. The highest BCUT2D eigenvalue weighted by Crippen LogP contribution is 2.14. The van der Waals surface area contributed by atoms with E-state index in [4.69, 9.17) is 4.74 Å². The van der Waals surface area contributed by atoms with Gasteiger partial charge in [-0.15, -0.1) is 0 Å². The van der Waals surface area contributed by atoms with Crippen molar-refractivity contribution in [1.29, 1.82) is 0 Å². The Kier molecular flexibility index (Phi) is 5.69. The second-order valence-electron chi connectivity index (χ2n) is 2.49. The monoisotopic (exact) mass is 232 g/mol. The number of nitrogens with one attached hydrogen (secondary N) is 1. The van der Waals surface area contributed by atoms with Crippen LogP contribution in [0.5, 0.6) is 5.75 Å². The van der Waals surface area contributed by atoms with Crippen molar-refractivity contribution in [3.63, 3.8) is 0 Å². The molecule has 0 saturated heterocycles. The quantitative estimate of drug-likeness (QED) is 0.857. The van der Waals surface area contributed by atoms with E-state index in [2.05, 4.69) is 9.71 Å². The summed E-state index contributed by atoms with van der Waals surface area (Å²) in [5.74, 6) is 0.508. The van der Waals surface area contributed by atoms with Crippen LogP contribution in [0, 0.1) is 0 Å². The Bertz CT molecular complexity index is 390. The van der Waals surface area contributed by atoms with Crippen LogP contribution in [0.15, 0.2) is 18.5 Å². The van der Waals surface area contributed by atoms with Crippen LogP contribution in [-0.4, -0.2) is 26.8 Å². The number of anilines is 1. The fraction of sp³-hybridized carbons (Fsp3) is 0.444. The summed E-state index contributed by atoms with van der Waals surface area (Å²) >= 11 is 0. The zero-order valence-corrected chi connectivity index (χ0v) is 10.1. The molecule has 0 aromatic carbocycles. The average Bonchev–Trinajstić information content (AvgIpc) is 2.19. The normalized spacial score (nSPS) is 9.87. The molecule has 15 heavy (non-hydrogen) atoms. The zero-order valence-electron chi connectivity index (χ0n) is 9.31. The van der Waals surface area contributed by atoms with Gasteiger partial charge in [-0.3, -0.25) is 9.71 Å². The molecule has 0 spiro atoms. The van der Waals surface area contributed by atoms with Crippen molar-refractivity contribution < 1.29 is 13.2 Å². The van der Waals surface area contributed by atoms with Gasteiger partial charge in [-0.05, 0) is 0 Å². The van der Waals surface area contributed by atoms with E-state index in [-0.39, 0.29) is 0 Å². The Hall–Kier alpha value is -1.30. The molecule has 1 rings (SSSR count). The van der Waals surface area contributed by atoms with Crippen molar-refractivity contribution in [2.75, 3.05) is 18.1 Å². The molecule has 0 bridgehead atoms. The van der Waals surface area contributed by atoms with Crippen LogP contribution >= 0.6 is 0 Å². The van der Waals surface area contributed by atoms with Gasteiger partial charge in [-0.2, -0.15) is 0 Å². The molecule has 1 aromatic rings. The third-order valence-electron chi connectivity index (χ3n) is 1.25. The van der Waals surface area contributed by atoms with E-state index in [9.17, 15) is 8.42 Å². The van der Waals surface area contributed by atoms with Crippen molar-refractivity contribution in [2.45, 2.75) is 13.8 Å². The van der Waals surface area contributed by atoms with Crippen LogP contribution < -0.4 is 9.46 Å². The molecule has 0 atom stereocenters. The van der Waals surface area contributed by atoms with Gasteiger partial charge >= 0.3 is 0 Å². The molecule has 0 fully saturated rings. The smallest absolute Gasteiger partial charge is 0.229 e. The molecular formula is C9H16N2O3S. The number of aromatic nitrogens is 1. The highest BCUT2D eigenvalue weighted by Gasteiger charge is 2.02. The fourth-order valence-corrected chi connectivity index (χ4v) is 1.34. The Morgan fingerprint density at radius 3 is 2.40 bits per heavy atom. The molecule has 0 aliphatic rings. The SMILES string of the molecule is CC.COc1cncc(NS(C)(=O)=O)c1. The van der Waals surface area contributed by atoms with Gasteiger partial charge in [0, 0.05) is 6.07 Å². The summed E-state index contributed by atoms with van der Waals surface area (Å²) in [4.78, 5) is 3.79. The predicted molar refractivity (Wildman–Crippen MR) is 60.6 cm³/mol. The molecule has 86 valence electrons. The van der Waals surface area contributed by atoms with E-state index in [1.165, 1.54) is 19.5 Å². The Balaban J connectivity index is 0.000000921. The van der Waals surface area contributed by atoms with Gasteiger partial charge in [-0.25, -0.2) is 8.42 Å². The maximum atomic E-state index is 10.8. The van der Waals surface area contributed by atoms with E-state index in [0.717, 1.165) is 6.26 Å². The minimum Gasteiger partial charge on any atom is -0.495 e. The number of sulfonamides is 1. The number of ether oxygens (including phenoxy) is 1. The molecule has 0 aliphatic carbocycles. The number of hydrogen-bond donors (Lipinski definition) is 1. The first-order valence-corrected chi connectivity index (χ1v) is 6.37. The van der Waals surface area contributed by atoms with E-state index in [1.807, 2.05) is 13.8 Å². The lowest BCUT2D eigenvalue weighted by Crippen LogP contribution is -2.09. The first-order valence-electron chi connectivity index (χ1n) is 4.48. The minimum absolute atomic E-state index is 0.391. The van der Waals surface area contributed by atoms with E-state index in [0.29, 0.717) is 11.4 Å². The lowest BCUT2D eigenvalue weighted by molar-refractivity contribution is 0.413. The van der Waals surface area contributed by atoms with Gasteiger partial charge in [0.25, 0.3) is 0 Å². The topological polar surface area (TPSA) is 68.3 Å². The highest BCUT2D eigenvalue weighted by molar-refractivity contribution is 7.92. The fourth-order valence-electron chi connectivity index (χ4n) is 0.800. The zero-order chi connectivity index (χ0) is 11.9. The summed E-state index contributed by atoms with van der Waals surface area (Å²) in [6.07, 6.45) is 3.98. The highest BCUT2D eigenvalue weighted by atomic mass is 32.2. The summed E-state index contributed by atoms with van der Waals surface area (Å²) in [6.45, 7) is 4.00. The minimum atomic E-state index is -3.25. The van der Waals surface area contributed by atoms with Crippen LogP contribution in [0.3, 0.4) is 0 Å². The standard InChI is InChI=1S/C7H10N2O3S.C2H6/c1-12-7-3-6(4-8-5-7)9-13(2,10)11;1-2/h3-5,9H,1-2H3;1-2H3. The lowest BCUT2D eigenvalue weighted by atomic mass is 10.4. The predicted octanol–water partition coefficient (Wildman–Crippen LogP) is 1.49. The molecule has 0 amide bonds. The van der Waals surface area contributed by atoms with E-state index < -0.39 is 10.0 Å². The number of rotatable bonds is 3. The molecule has 0 unspecified atom stereocenters. The van der Waals surface area contributed by atoms with E-state index >= 15 is 0 Å². The second-order valence-corrected chi connectivity index (χ2v) is 4.24. The summed E-state index contributed by atoms with van der Waals surface area (Å²) in [7, 11) is -1.76. The van der Waals surface area contributed by atoms with Crippen LogP contribution in [-0.2, 0) is 10.0 Å². The van der Waals surface area contributed by atoms with Gasteiger partial charge < -0.3 is 4.74 Å². The Morgan fingerprint density at radius 2 is 1.93 bits per heavy atom. The Labute approximate surface area is 90.5 Å². The lowest BCUT2D eigenvalue weighted by Gasteiger charge is -2.04. The molecule has 1 aromatic heterocycles.